The van der Waals surface area contributed by atoms with E-state index in [0.717, 1.165) is 25.7 Å². The van der Waals surface area contributed by atoms with Gasteiger partial charge in [-0.3, -0.25) is 9.59 Å². The quantitative estimate of drug-likeness (QED) is 0.783. The molecule has 0 bridgehead atoms. The van der Waals surface area contributed by atoms with E-state index in [1.165, 1.54) is 6.92 Å². The maximum Gasteiger partial charge on any atom is 0.251 e. The highest BCUT2D eigenvalue weighted by Gasteiger charge is 2.31. The topological polar surface area (TPSA) is 78.4 Å². The average Bonchev–Trinajstić information content (AvgIpc) is 2.83. The van der Waals surface area contributed by atoms with Gasteiger partial charge in [-0.15, -0.1) is 0 Å². The van der Waals surface area contributed by atoms with Crippen LogP contribution in [0.2, 0.25) is 0 Å². The first-order chi connectivity index (χ1) is 9.48. The lowest BCUT2D eigenvalue weighted by molar-refractivity contribution is -0.114. The van der Waals surface area contributed by atoms with Crippen molar-refractivity contribution in [3.05, 3.63) is 29.8 Å². The summed E-state index contributed by atoms with van der Waals surface area (Å²) in [5.41, 5.74) is 0.299. The van der Waals surface area contributed by atoms with Crippen molar-refractivity contribution in [2.45, 2.75) is 38.2 Å². The Morgan fingerprint density at radius 2 is 2.00 bits per heavy atom. The van der Waals surface area contributed by atoms with Crippen molar-refractivity contribution in [1.82, 2.24) is 5.32 Å². The molecule has 5 heteroatoms. The molecular weight excluding hydrogens is 256 g/mol. The molecule has 1 aliphatic rings. The molecule has 0 spiro atoms. The first-order valence-corrected chi connectivity index (χ1v) is 6.87. The molecule has 0 radical (unpaired) electrons. The fourth-order valence-corrected chi connectivity index (χ4v) is 2.50. The normalized spacial score (nSPS) is 16.7. The molecule has 0 heterocycles. The minimum atomic E-state index is -0.759. The molecule has 1 aromatic rings. The lowest BCUT2D eigenvalue weighted by Gasteiger charge is -2.22. The van der Waals surface area contributed by atoms with Crippen molar-refractivity contribution in [3.63, 3.8) is 0 Å². The Kier molecular flexibility index (Phi) is 4.39. The van der Waals surface area contributed by atoms with Gasteiger partial charge in [-0.25, -0.2) is 0 Å². The minimum absolute atomic E-state index is 0.178. The third-order valence-corrected chi connectivity index (χ3v) is 3.56. The smallest absolute Gasteiger partial charge is 0.251 e. The van der Waals surface area contributed by atoms with Gasteiger partial charge in [-0.05, 0) is 31.0 Å². The van der Waals surface area contributed by atoms with E-state index in [4.69, 9.17) is 0 Å². The molecule has 0 unspecified atom stereocenters. The highest BCUT2D eigenvalue weighted by atomic mass is 16.3. The summed E-state index contributed by atoms with van der Waals surface area (Å²) in [4.78, 5) is 23.0. The zero-order chi connectivity index (χ0) is 14.6. The van der Waals surface area contributed by atoms with Gasteiger partial charge >= 0.3 is 0 Å². The van der Waals surface area contributed by atoms with Crippen LogP contribution in [0.15, 0.2) is 24.3 Å². The van der Waals surface area contributed by atoms with E-state index in [-0.39, 0.29) is 18.4 Å². The van der Waals surface area contributed by atoms with Crippen LogP contribution in [0.4, 0.5) is 5.69 Å². The van der Waals surface area contributed by atoms with Gasteiger partial charge in [0.15, 0.2) is 0 Å². The molecule has 2 amide bonds. The molecule has 2 rings (SSSR count). The maximum atomic E-state index is 12.0. The number of benzene rings is 1. The molecule has 0 saturated heterocycles. The summed E-state index contributed by atoms with van der Waals surface area (Å²) in [6, 6.07) is 6.74. The first-order valence-electron chi connectivity index (χ1n) is 6.87. The standard InChI is InChI=1S/C15H20N2O3/c1-11(18)17-13-6-4-5-12(9-13)14(19)16-10-15(20)7-2-3-8-15/h4-6,9,20H,2-3,7-8,10H2,1H3,(H,16,19)(H,17,18). The van der Waals surface area contributed by atoms with Crippen LogP contribution in [-0.2, 0) is 4.79 Å². The predicted octanol–water partition coefficient (Wildman–Crippen LogP) is 1.68. The largest absolute Gasteiger partial charge is 0.388 e. The molecule has 20 heavy (non-hydrogen) atoms. The fourth-order valence-electron chi connectivity index (χ4n) is 2.50. The Hall–Kier alpha value is -1.88. The van der Waals surface area contributed by atoms with Crippen LogP contribution in [0.3, 0.4) is 0 Å². The van der Waals surface area contributed by atoms with Gasteiger partial charge in [0.05, 0.1) is 5.60 Å². The number of anilines is 1. The van der Waals surface area contributed by atoms with E-state index in [1.54, 1.807) is 24.3 Å². The summed E-state index contributed by atoms with van der Waals surface area (Å²) < 4.78 is 0. The highest BCUT2D eigenvalue weighted by Crippen LogP contribution is 2.28. The molecule has 1 fully saturated rings. The number of carbonyl (C=O) groups is 2. The van der Waals surface area contributed by atoms with E-state index >= 15 is 0 Å². The molecular formula is C15H20N2O3. The van der Waals surface area contributed by atoms with Crippen LogP contribution in [0.5, 0.6) is 0 Å². The average molecular weight is 276 g/mol. The summed E-state index contributed by atoms with van der Waals surface area (Å²) >= 11 is 0. The molecule has 3 N–H and O–H groups in total. The molecule has 0 aromatic heterocycles. The van der Waals surface area contributed by atoms with Gasteiger partial charge in [0.2, 0.25) is 5.91 Å². The van der Waals surface area contributed by atoms with Crippen molar-refractivity contribution in [2.24, 2.45) is 0 Å². The van der Waals surface area contributed by atoms with Gasteiger partial charge in [0.25, 0.3) is 5.91 Å². The Balaban J connectivity index is 1.96. The van der Waals surface area contributed by atoms with Crippen molar-refractivity contribution in [2.75, 3.05) is 11.9 Å². The van der Waals surface area contributed by atoms with Crippen LogP contribution in [0.25, 0.3) is 0 Å². The number of hydrogen-bond acceptors (Lipinski definition) is 3. The van der Waals surface area contributed by atoms with Gasteiger partial charge in [-0.2, -0.15) is 0 Å². The second-order valence-electron chi connectivity index (χ2n) is 5.38. The van der Waals surface area contributed by atoms with Crippen LogP contribution >= 0.6 is 0 Å². The highest BCUT2D eigenvalue weighted by molar-refractivity contribution is 5.96. The summed E-state index contributed by atoms with van der Waals surface area (Å²) in [5, 5.41) is 15.6. The van der Waals surface area contributed by atoms with E-state index < -0.39 is 5.60 Å². The lowest BCUT2D eigenvalue weighted by Crippen LogP contribution is -2.40. The summed E-state index contributed by atoms with van der Waals surface area (Å²) in [7, 11) is 0. The fraction of sp³-hybridized carbons (Fsp3) is 0.467. The Morgan fingerprint density at radius 3 is 2.65 bits per heavy atom. The first kappa shape index (κ1) is 14.5. The van der Waals surface area contributed by atoms with E-state index in [0.29, 0.717) is 11.3 Å². The molecule has 108 valence electrons. The van der Waals surface area contributed by atoms with Crippen LogP contribution in [0, 0.1) is 0 Å². The van der Waals surface area contributed by atoms with Gasteiger partial charge in [0, 0.05) is 24.7 Å². The summed E-state index contributed by atoms with van der Waals surface area (Å²) in [5.74, 6) is -0.416. The number of carbonyl (C=O) groups excluding carboxylic acids is 2. The number of aliphatic hydroxyl groups is 1. The van der Waals surface area contributed by atoms with Gasteiger partial charge in [0.1, 0.15) is 0 Å². The number of rotatable bonds is 4. The second kappa shape index (κ2) is 6.05. The Labute approximate surface area is 118 Å². The third-order valence-electron chi connectivity index (χ3n) is 3.56. The zero-order valence-electron chi connectivity index (χ0n) is 11.6. The van der Waals surface area contributed by atoms with Crippen molar-refractivity contribution < 1.29 is 14.7 Å². The Morgan fingerprint density at radius 1 is 1.30 bits per heavy atom. The van der Waals surface area contributed by atoms with E-state index in [2.05, 4.69) is 10.6 Å². The SMILES string of the molecule is CC(=O)Nc1cccc(C(=O)NCC2(O)CCCC2)c1. The summed E-state index contributed by atoms with van der Waals surface area (Å²) in [6.07, 6.45) is 3.48. The third kappa shape index (κ3) is 3.81. The van der Waals surface area contributed by atoms with E-state index in [9.17, 15) is 14.7 Å². The van der Waals surface area contributed by atoms with Crippen LogP contribution < -0.4 is 10.6 Å². The van der Waals surface area contributed by atoms with Crippen molar-refractivity contribution in [1.29, 1.82) is 0 Å². The molecule has 5 nitrogen and oxygen atoms in total. The summed E-state index contributed by atoms with van der Waals surface area (Å²) in [6.45, 7) is 1.69. The monoisotopic (exact) mass is 276 g/mol. The molecule has 1 aromatic carbocycles. The van der Waals surface area contributed by atoms with E-state index in [1.807, 2.05) is 0 Å². The van der Waals surface area contributed by atoms with Crippen LogP contribution in [0.1, 0.15) is 43.0 Å². The molecule has 1 aliphatic carbocycles. The Bertz CT molecular complexity index is 508. The predicted molar refractivity (Wildman–Crippen MR) is 76.5 cm³/mol. The lowest BCUT2D eigenvalue weighted by atomic mass is 10.0. The minimum Gasteiger partial charge on any atom is -0.388 e. The number of hydrogen-bond donors (Lipinski definition) is 3. The van der Waals surface area contributed by atoms with Gasteiger partial charge in [-0.1, -0.05) is 18.9 Å². The van der Waals surface area contributed by atoms with Crippen molar-refractivity contribution in [3.8, 4) is 0 Å². The van der Waals surface area contributed by atoms with Gasteiger partial charge < -0.3 is 15.7 Å². The maximum absolute atomic E-state index is 12.0. The number of amides is 2. The zero-order valence-corrected chi connectivity index (χ0v) is 11.6. The van der Waals surface area contributed by atoms with Crippen LogP contribution in [-0.4, -0.2) is 29.1 Å². The molecule has 0 aliphatic heterocycles. The number of nitrogens with one attached hydrogen (secondary N) is 2. The second-order valence-corrected chi connectivity index (χ2v) is 5.38. The molecule has 1 saturated carbocycles. The molecule has 0 atom stereocenters. The van der Waals surface area contributed by atoms with Crippen molar-refractivity contribution >= 4 is 17.5 Å².